The van der Waals surface area contributed by atoms with Gasteiger partial charge in [0.15, 0.2) is 0 Å². The third-order valence-corrected chi connectivity index (χ3v) is 21.7. The van der Waals surface area contributed by atoms with E-state index in [0.29, 0.717) is 92.7 Å². The summed E-state index contributed by atoms with van der Waals surface area (Å²) < 4.78 is 85.3. The molecule has 1 aliphatic carbocycles. The molecule has 8 heterocycles. The number of thioether (sulfide) groups is 1. The maximum Gasteiger partial charge on any atom is 0.338 e. The van der Waals surface area contributed by atoms with Crippen molar-refractivity contribution in [2.24, 2.45) is 11.8 Å². The summed E-state index contributed by atoms with van der Waals surface area (Å²) in [6.07, 6.45) is 40.7. The standard InChI is InChI=1S/C28H48O6.C24H38O6.C16H26O6S.C16H18O6/c1-3-5-7-9-11-15-23-25(33-23)17-13-21-31-27(29)19-20-28(30)32-22-14-18-26-24(34-26)16-12-10-8-6-4-2;1-3-5-7-13-19-21(29-19)15-27-23(25)17-11-9-10-12-18(17)24(26)28-16-22-20(30-22)14-8-6-4-2;1-3-11-13(21-11)9-19-15(17)5-7-23-8-6-16(18)20-10-14-12(4-2)22-14;1-9-13(21-9)7-19-15(17)11-3-5-12(6-4-11)16(18)20-8-14-10(2)22-14/h19-20,23-26H,3-18,21-22H2,1-2H3;9,11,17-22H,3-8,10,12-16H2,1-2H3;11-14H,3-10H2,1-2H3;3-6,9-10,13-14H,7-8H2,1-2H3/b20-19-;;;. The Morgan fingerprint density at radius 3 is 1.10 bits per heavy atom. The lowest BCUT2D eigenvalue weighted by Gasteiger charge is -2.24. The van der Waals surface area contributed by atoms with Crippen LogP contribution < -0.4 is 0 Å². The van der Waals surface area contributed by atoms with Gasteiger partial charge in [0.05, 0.1) is 110 Å². The zero-order valence-electron chi connectivity index (χ0n) is 66.5. The van der Waals surface area contributed by atoms with Crippen LogP contribution in [0.5, 0.6) is 0 Å². The molecular formula is C84H130O24S. The SMILES string of the molecule is CC1OC1COC(=O)c1ccc(C(=O)OCC2OC2C)cc1.CCC1OC1COC(=O)CCSCCC(=O)OCC1OC1CC.CCCCCC1OC1COC(=O)C1C=CCCC1C(=O)OCC1OC1CCCCC.CCCCCCCC1OC1CCCOC(=O)/C=C\C(=O)OCCCC1OC1CCCCCCC. The highest BCUT2D eigenvalue weighted by atomic mass is 32.2. The van der Waals surface area contributed by atoms with Crippen LogP contribution in [0.1, 0.15) is 269 Å². The quantitative estimate of drug-likeness (QED) is 0.0146. The molecule has 9 aliphatic rings. The van der Waals surface area contributed by atoms with Crippen molar-refractivity contribution in [1.29, 1.82) is 0 Å². The van der Waals surface area contributed by atoms with Crippen LogP contribution in [0, 0.1) is 11.8 Å². The number of ether oxygens (including phenoxy) is 16. The topological polar surface area (TPSA) is 311 Å². The van der Waals surface area contributed by atoms with Gasteiger partial charge in [0.2, 0.25) is 0 Å². The molecule has 10 rings (SSSR count). The number of rotatable bonds is 54. The minimum atomic E-state index is -0.566. The lowest BCUT2D eigenvalue weighted by atomic mass is 9.84. The van der Waals surface area contributed by atoms with Crippen molar-refractivity contribution in [3.8, 4) is 0 Å². The van der Waals surface area contributed by atoms with Crippen molar-refractivity contribution in [3.05, 3.63) is 59.7 Å². The van der Waals surface area contributed by atoms with E-state index < -0.39 is 35.7 Å². The molecule has 8 saturated heterocycles. The third-order valence-electron chi connectivity index (χ3n) is 20.7. The van der Waals surface area contributed by atoms with Crippen LogP contribution in [0.2, 0.25) is 0 Å². The van der Waals surface area contributed by atoms with E-state index in [9.17, 15) is 38.4 Å². The van der Waals surface area contributed by atoms with Gasteiger partial charge in [0, 0.05) is 23.7 Å². The minimum Gasteiger partial charge on any atom is -0.463 e. The van der Waals surface area contributed by atoms with Gasteiger partial charge in [0.25, 0.3) is 0 Å². The van der Waals surface area contributed by atoms with Crippen molar-refractivity contribution in [2.75, 3.05) is 64.4 Å². The van der Waals surface area contributed by atoms with Crippen LogP contribution in [0.15, 0.2) is 48.6 Å². The Morgan fingerprint density at radius 2 is 0.706 bits per heavy atom. The normalized spacial score (nSPS) is 27.8. The molecule has 18 unspecified atom stereocenters. The highest BCUT2D eigenvalue weighted by Gasteiger charge is 2.45. The number of unbranched alkanes of at least 4 members (excludes halogenated alkanes) is 12. The fourth-order valence-electron chi connectivity index (χ4n) is 13.0. The number of carbonyl (C=O) groups excluding carboxylic acids is 8. The highest BCUT2D eigenvalue weighted by Crippen LogP contribution is 2.36. The summed E-state index contributed by atoms with van der Waals surface area (Å²) in [6.45, 7) is 19.2. The molecule has 25 heteroatoms. The summed E-state index contributed by atoms with van der Waals surface area (Å²) in [4.78, 5) is 95.4. The summed E-state index contributed by atoms with van der Waals surface area (Å²) in [6, 6.07) is 6.19. The predicted octanol–water partition coefficient (Wildman–Crippen LogP) is 14.3. The van der Waals surface area contributed by atoms with E-state index in [1.807, 2.05) is 33.8 Å². The lowest BCUT2D eigenvalue weighted by molar-refractivity contribution is -0.160. The van der Waals surface area contributed by atoms with Crippen LogP contribution in [0.4, 0.5) is 0 Å². The van der Waals surface area contributed by atoms with E-state index in [4.69, 9.17) is 75.8 Å². The van der Waals surface area contributed by atoms with Gasteiger partial charge in [-0.25, -0.2) is 19.2 Å². The molecule has 8 aliphatic heterocycles. The van der Waals surface area contributed by atoms with Crippen molar-refractivity contribution in [2.45, 2.75) is 346 Å². The van der Waals surface area contributed by atoms with Crippen LogP contribution in [0.3, 0.4) is 0 Å². The molecular weight excluding hydrogens is 1420 g/mol. The van der Waals surface area contributed by atoms with E-state index in [0.717, 1.165) is 95.6 Å². The third kappa shape index (κ3) is 38.3. The second kappa shape index (κ2) is 51.3. The van der Waals surface area contributed by atoms with Crippen molar-refractivity contribution in [3.63, 3.8) is 0 Å². The molecule has 0 amide bonds. The summed E-state index contributed by atoms with van der Waals surface area (Å²) in [7, 11) is 0. The van der Waals surface area contributed by atoms with E-state index in [-0.39, 0.29) is 124 Å². The second-order valence-corrected chi connectivity index (χ2v) is 31.1. The van der Waals surface area contributed by atoms with Gasteiger partial charge in [-0.15, -0.1) is 0 Å². The Labute approximate surface area is 652 Å². The maximum atomic E-state index is 12.6. The number of esters is 8. The van der Waals surface area contributed by atoms with Gasteiger partial charge in [-0.1, -0.05) is 156 Å². The molecule has 616 valence electrons. The van der Waals surface area contributed by atoms with Gasteiger partial charge in [-0.05, 0) is 115 Å². The Bertz CT molecular complexity index is 2770. The van der Waals surface area contributed by atoms with Crippen LogP contribution in [0.25, 0.3) is 0 Å². The summed E-state index contributed by atoms with van der Waals surface area (Å²) in [5.74, 6) is -2.68. The molecule has 18 atom stereocenters. The first kappa shape index (κ1) is 90.7. The molecule has 0 aromatic heterocycles. The molecule has 0 saturated carbocycles. The Hall–Kier alpha value is -5.51. The average molecular weight is 1560 g/mol. The maximum absolute atomic E-state index is 12.6. The van der Waals surface area contributed by atoms with Gasteiger partial charge in [0.1, 0.15) is 76.3 Å². The molecule has 8 fully saturated rings. The highest BCUT2D eigenvalue weighted by molar-refractivity contribution is 7.99. The number of hydrogen-bond acceptors (Lipinski definition) is 25. The number of allylic oxidation sites excluding steroid dienone is 1. The summed E-state index contributed by atoms with van der Waals surface area (Å²) in [5, 5.41) is 0. The molecule has 0 spiro atoms. The monoisotopic (exact) mass is 1550 g/mol. The number of carbonyl (C=O) groups is 8. The van der Waals surface area contributed by atoms with Gasteiger partial charge < -0.3 is 75.8 Å². The molecule has 0 N–H and O–H groups in total. The first-order valence-electron chi connectivity index (χ1n) is 41.5. The molecule has 0 bridgehead atoms. The number of hydrogen-bond donors (Lipinski definition) is 0. The van der Waals surface area contributed by atoms with Gasteiger partial charge in [-0.2, -0.15) is 11.8 Å². The van der Waals surface area contributed by atoms with Gasteiger partial charge >= 0.3 is 47.8 Å². The number of epoxide rings is 8. The van der Waals surface area contributed by atoms with E-state index >= 15 is 0 Å². The Kier molecular flexibility index (Phi) is 42.7. The Balaban J connectivity index is 0.000000205. The van der Waals surface area contributed by atoms with E-state index in [1.165, 1.54) is 89.9 Å². The first-order valence-corrected chi connectivity index (χ1v) is 42.7. The van der Waals surface area contributed by atoms with Crippen molar-refractivity contribution < 1.29 is 114 Å². The van der Waals surface area contributed by atoms with Crippen LogP contribution >= 0.6 is 11.8 Å². The van der Waals surface area contributed by atoms with Crippen LogP contribution in [-0.4, -0.2) is 210 Å². The zero-order valence-corrected chi connectivity index (χ0v) is 67.3. The summed E-state index contributed by atoms with van der Waals surface area (Å²) in [5.41, 5.74) is 0.785. The minimum absolute atomic E-state index is 0.00485. The second-order valence-electron chi connectivity index (χ2n) is 29.9. The molecule has 24 nitrogen and oxygen atoms in total. The van der Waals surface area contributed by atoms with E-state index in [1.54, 1.807) is 42.1 Å². The fourth-order valence-corrected chi connectivity index (χ4v) is 13.8. The molecule has 109 heavy (non-hydrogen) atoms. The Morgan fingerprint density at radius 1 is 0.376 bits per heavy atom. The molecule has 1 aromatic rings. The number of benzene rings is 1. The lowest BCUT2D eigenvalue weighted by Crippen LogP contribution is -2.34. The zero-order chi connectivity index (χ0) is 78.1. The van der Waals surface area contributed by atoms with Crippen molar-refractivity contribution >= 4 is 59.5 Å². The predicted molar refractivity (Wildman–Crippen MR) is 409 cm³/mol. The smallest absolute Gasteiger partial charge is 0.338 e. The first-order chi connectivity index (χ1) is 52.9. The largest absolute Gasteiger partial charge is 0.463 e. The fraction of sp³-hybridized carbons (Fsp3) is 0.786. The van der Waals surface area contributed by atoms with Gasteiger partial charge in [-0.3, -0.25) is 19.2 Å². The molecule has 1 aromatic carbocycles. The summed E-state index contributed by atoms with van der Waals surface area (Å²) >= 11 is 1.56. The van der Waals surface area contributed by atoms with Crippen molar-refractivity contribution in [1.82, 2.24) is 0 Å². The average Bonchev–Trinajstić information content (AvgIpc) is 1.80. The van der Waals surface area contributed by atoms with E-state index in [2.05, 4.69) is 27.7 Å². The molecule has 0 radical (unpaired) electrons. The van der Waals surface area contributed by atoms with Crippen LogP contribution in [-0.2, 0) is 105 Å².